The lowest BCUT2D eigenvalue weighted by atomic mass is 10.2. The van der Waals surface area contributed by atoms with Crippen LogP contribution < -0.4 is 0 Å². The van der Waals surface area contributed by atoms with E-state index in [4.69, 9.17) is 27.2 Å². The van der Waals surface area contributed by atoms with Gasteiger partial charge in [0.15, 0.2) is 0 Å². The van der Waals surface area contributed by atoms with Gasteiger partial charge in [-0.3, -0.25) is 4.79 Å². The normalized spacial score (nSPS) is 11.6. The van der Waals surface area contributed by atoms with E-state index in [-0.39, 0.29) is 5.17 Å². The van der Waals surface area contributed by atoms with Crippen molar-refractivity contribution in [3.63, 3.8) is 0 Å². The summed E-state index contributed by atoms with van der Waals surface area (Å²) in [6, 6.07) is 0. The zero-order chi connectivity index (χ0) is 12.7. The predicted molar refractivity (Wildman–Crippen MR) is 60.3 cm³/mol. The Hall–Kier alpha value is -1.37. The summed E-state index contributed by atoms with van der Waals surface area (Å²) >= 11 is 4.87. The number of hydrogen-bond acceptors (Lipinski definition) is 4. The quantitative estimate of drug-likeness (QED) is 0.665. The molecular weight excluding hydrogens is 234 g/mol. The second-order valence-corrected chi connectivity index (χ2v) is 3.33. The van der Waals surface area contributed by atoms with Crippen LogP contribution in [0.3, 0.4) is 0 Å². The molecule has 7 heteroatoms. The number of ether oxygens (including phenoxy) is 1. The Balaban J connectivity index is 4.44. The molecule has 0 aliphatic carbocycles. The Morgan fingerprint density at radius 2 is 1.81 bits per heavy atom. The van der Waals surface area contributed by atoms with Gasteiger partial charge in [-0.15, -0.1) is 0 Å². The van der Waals surface area contributed by atoms with E-state index >= 15 is 0 Å². The predicted octanol–water partition coefficient (Wildman–Crippen LogP) is 0.558. The molecule has 0 fully saturated rings. The lowest BCUT2D eigenvalue weighted by Gasteiger charge is -2.23. The molecule has 0 aromatic rings. The molecule has 0 bridgehead atoms. The van der Waals surface area contributed by atoms with E-state index in [0.29, 0.717) is 13.1 Å². The van der Waals surface area contributed by atoms with E-state index in [0.717, 1.165) is 0 Å². The molecule has 16 heavy (non-hydrogen) atoms. The number of carboxylic acid groups (broad SMARTS) is 2. The summed E-state index contributed by atoms with van der Waals surface area (Å²) in [4.78, 5) is 22.7. The first kappa shape index (κ1) is 14.6. The number of thiocarbonyl (C=S) groups is 1. The summed E-state index contributed by atoms with van der Waals surface area (Å²) in [6.07, 6.45) is -2.05. The van der Waals surface area contributed by atoms with Crippen LogP contribution in [0.15, 0.2) is 0 Å². The number of hydrogen-bond donors (Lipinski definition) is 2. The van der Waals surface area contributed by atoms with Crippen LogP contribution in [-0.4, -0.2) is 51.4 Å². The van der Waals surface area contributed by atoms with Gasteiger partial charge in [-0.05, 0) is 26.1 Å². The summed E-state index contributed by atoms with van der Waals surface area (Å²) in [7, 11) is 0. The second-order valence-electron chi connectivity index (χ2n) is 2.98. The average molecular weight is 249 g/mol. The molecule has 0 aliphatic rings. The van der Waals surface area contributed by atoms with E-state index in [2.05, 4.69) is 0 Å². The molecule has 2 N–H and O–H groups in total. The number of rotatable bonds is 6. The lowest BCUT2D eigenvalue weighted by molar-refractivity contribution is -0.152. The summed E-state index contributed by atoms with van der Waals surface area (Å²) in [5, 5.41) is 17.2. The Labute approximate surface area is 98.8 Å². The van der Waals surface area contributed by atoms with E-state index in [9.17, 15) is 9.59 Å². The first-order valence-electron chi connectivity index (χ1n) is 4.82. The number of nitrogens with zero attached hydrogens (tertiary/aromatic N) is 1. The van der Waals surface area contributed by atoms with Crippen LogP contribution in [-0.2, 0) is 14.3 Å². The molecule has 92 valence electrons. The lowest BCUT2D eigenvalue weighted by Crippen LogP contribution is -2.37. The highest BCUT2D eigenvalue weighted by atomic mass is 32.1. The summed E-state index contributed by atoms with van der Waals surface area (Å²) in [5.74, 6) is -2.58. The number of aliphatic carboxylic acids is 2. The molecule has 0 amide bonds. The molecule has 0 aromatic carbocycles. The van der Waals surface area contributed by atoms with Crippen molar-refractivity contribution in [3.8, 4) is 0 Å². The van der Waals surface area contributed by atoms with Crippen LogP contribution >= 0.6 is 12.2 Å². The molecule has 6 nitrogen and oxygen atoms in total. The van der Waals surface area contributed by atoms with Crippen molar-refractivity contribution in [3.05, 3.63) is 0 Å². The smallest absolute Gasteiger partial charge is 0.345 e. The standard InChI is InChI=1S/C9H15NO5S/c1-3-10(4-2)9(16)15-6(8(13)14)5-7(11)12/h6H,3-5H2,1-2H3,(H,11,12)(H,13,14)/t6-/m0/s1. The van der Waals surface area contributed by atoms with Gasteiger partial charge >= 0.3 is 11.9 Å². The van der Waals surface area contributed by atoms with Crippen molar-refractivity contribution in [1.82, 2.24) is 4.90 Å². The molecule has 0 heterocycles. The van der Waals surface area contributed by atoms with Crippen LogP contribution in [0, 0.1) is 0 Å². The van der Waals surface area contributed by atoms with Gasteiger partial charge in [0, 0.05) is 13.1 Å². The van der Waals surface area contributed by atoms with Gasteiger partial charge in [0.1, 0.15) is 0 Å². The van der Waals surface area contributed by atoms with Gasteiger partial charge in [-0.2, -0.15) is 0 Å². The Kier molecular flexibility index (Phi) is 6.40. The average Bonchev–Trinajstić information content (AvgIpc) is 2.17. The third-order valence-corrected chi connectivity index (χ3v) is 2.25. The largest absolute Gasteiger partial charge is 0.481 e. The molecule has 0 spiro atoms. The minimum absolute atomic E-state index is 0.0126. The summed E-state index contributed by atoms with van der Waals surface area (Å²) in [5.41, 5.74) is 0. The van der Waals surface area contributed by atoms with Crippen LogP contribution in [0.2, 0.25) is 0 Å². The molecule has 0 unspecified atom stereocenters. The fourth-order valence-electron chi connectivity index (χ4n) is 1.02. The third-order valence-electron chi connectivity index (χ3n) is 1.90. The second kappa shape index (κ2) is 7.00. The molecule has 0 saturated heterocycles. The van der Waals surface area contributed by atoms with Crippen LogP contribution in [0.1, 0.15) is 20.3 Å². The van der Waals surface area contributed by atoms with E-state index < -0.39 is 24.5 Å². The first-order valence-corrected chi connectivity index (χ1v) is 5.23. The van der Waals surface area contributed by atoms with Crippen molar-refractivity contribution in [1.29, 1.82) is 0 Å². The molecule has 0 aromatic heterocycles. The highest BCUT2D eigenvalue weighted by molar-refractivity contribution is 7.80. The van der Waals surface area contributed by atoms with Gasteiger partial charge in [-0.25, -0.2) is 4.79 Å². The van der Waals surface area contributed by atoms with Crippen molar-refractivity contribution in [2.45, 2.75) is 26.4 Å². The SMILES string of the molecule is CCN(CC)C(=S)O[C@@H](CC(=O)O)C(=O)O. The Morgan fingerprint density at radius 1 is 1.31 bits per heavy atom. The maximum atomic E-state index is 10.7. The van der Waals surface area contributed by atoms with Crippen LogP contribution in [0.5, 0.6) is 0 Å². The van der Waals surface area contributed by atoms with E-state index in [1.165, 1.54) is 0 Å². The zero-order valence-corrected chi connectivity index (χ0v) is 9.99. The minimum Gasteiger partial charge on any atom is -0.481 e. The monoisotopic (exact) mass is 249 g/mol. The maximum absolute atomic E-state index is 10.7. The summed E-state index contributed by atoms with van der Waals surface area (Å²) in [6.45, 7) is 4.84. The highest BCUT2D eigenvalue weighted by Crippen LogP contribution is 2.04. The van der Waals surface area contributed by atoms with Crippen LogP contribution in [0.25, 0.3) is 0 Å². The van der Waals surface area contributed by atoms with Crippen molar-refractivity contribution >= 4 is 29.3 Å². The Morgan fingerprint density at radius 3 is 2.12 bits per heavy atom. The van der Waals surface area contributed by atoms with E-state index in [1.54, 1.807) is 4.90 Å². The fourth-order valence-corrected chi connectivity index (χ4v) is 1.39. The van der Waals surface area contributed by atoms with Gasteiger partial charge in [0.05, 0.1) is 6.42 Å². The summed E-state index contributed by atoms with van der Waals surface area (Å²) < 4.78 is 4.94. The van der Waals surface area contributed by atoms with Gasteiger partial charge in [0.2, 0.25) is 6.10 Å². The number of carbonyl (C=O) groups is 2. The maximum Gasteiger partial charge on any atom is 0.345 e. The molecular formula is C9H15NO5S. The van der Waals surface area contributed by atoms with Crippen LogP contribution in [0.4, 0.5) is 0 Å². The third kappa shape index (κ3) is 4.92. The Bertz CT molecular complexity index is 277. The van der Waals surface area contributed by atoms with Crippen molar-refractivity contribution < 1.29 is 24.5 Å². The van der Waals surface area contributed by atoms with Gasteiger partial charge in [-0.1, -0.05) is 0 Å². The number of carboxylic acids is 2. The molecule has 1 atom stereocenters. The van der Waals surface area contributed by atoms with Gasteiger partial charge < -0.3 is 19.8 Å². The molecule has 0 rings (SSSR count). The molecule has 0 radical (unpaired) electrons. The topological polar surface area (TPSA) is 87.1 Å². The minimum atomic E-state index is -1.44. The van der Waals surface area contributed by atoms with Gasteiger partial charge in [0.25, 0.3) is 5.17 Å². The first-order chi connectivity index (χ1) is 7.42. The van der Waals surface area contributed by atoms with Crippen molar-refractivity contribution in [2.75, 3.05) is 13.1 Å². The molecule has 0 saturated carbocycles. The van der Waals surface area contributed by atoms with E-state index in [1.807, 2.05) is 13.8 Å². The highest BCUT2D eigenvalue weighted by Gasteiger charge is 2.25. The molecule has 0 aliphatic heterocycles. The fraction of sp³-hybridized carbons (Fsp3) is 0.667. The zero-order valence-electron chi connectivity index (χ0n) is 9.17. The van der Waals surface area contributed by atoms with Crippen molar-refractivity contribution in [2.24, 2.45) is 0 Å².